The predicted molar refractivity (Wildman–Crippen MR) is 80.3 cm³/mol. The molecule has 0 fully saturated rings. The highest BCUT2D eigenvalue weighted by Gasteiger charge is 2.14. The van der Waals surface area contributed by atoms with E-state index in [1.165, 1.54) is 24.8 Å². The summed E-state index contributed by atoms with van der Waals surface area (Å²) < 4.78 is 0. The summed E-state index contributed by atoms with van der Waals surface area (Å²) in [4.78, 5) is 0. The summed E-state index contributed by atoms with van der Waals surface area (Å²) in [6, 6.07) is 0. The van der Waals surface area contributed by atoms with Crippen molar-refractivity contribution in [1.29, 1.82) is 0 Å². The van der Waals surface area contributed by atoms with E-state index in [4.69, 9.17) is 0 Å². The molecule has 0 aromatic carbocycles. The average molecular weight is 234 g/mol. The van der Waals surface area contributed by atoms with Crippen molar-refractivity contribution in [3.05, 3.63) is 34.9 Å². The third kappa shape index (κ3) is 5.91. The number of hydrogen-bond donors (Lipinski definition) is 0. The van der Waals surface area contributed by atoms with Crippen LogP contribution in [0.5, 0.6) is 0 Å². The first kappa shape index (κ1) is 16.2. The van der Waals surface area contributed by atoms with E-state index in [2.05, 4.69) is 45.9 Å². The van der Waals surface area contributed by atoms with Crippen LogP contribution in [0.4, 0.5) is 0 Å². The van der Waals surface area contributed by atoms with Crippen molar-refractivity contribution >= 4 is 0 Å². The summed E-state index contributed by atoms with van der Waals surface area (Å²) in [5.74, 6) is 0.754. The molecule has 0 N–H and O–H groups in total. The van der Waals surface area contributed by atoms with E-state index in [9.17, 15) is 0 Å². The maximum atomic E-state index is 2.35. The monoisotopic (exact) mass is 234 g/mol. The lowest BCUT2D eigenvalue weighted by Crippen LogP contribution is -2.06. The second kappa shape index (κ2) is 9.27. The number of hydrogen-bond acceptors (Lipinski definition) is 0. The Bertz CT molecular complexity index is 289. The van der Waals surface area contributed by atoms with E-state index in [0.29, 0.717) is 0 Å². The van der Waals surface area contributed by atoms with Crippen LogP contribution in [-0.2, 0) is 0 Å². The molecule has 1 unspecified atom stereocenters. The minimum Gasteiger partial charge on any atom is -0.0819 e. The zero-order valence-electron chi connectivity index (χ0n) is 12.6. The third-order valence-electron chi connectivity index (χ3n) is 3.26. The van der Waals surface area contributed by atoms with Gasteiger partial charge in [0.2, 0.25) is 0 Å². The summed E-state index contributed by atoms with van der Waals surface area (Å²) in [5.41, 5.74) is 4.55. The maximum Gasteiger partial charge on any atom is -0.0191 e. The third-order valence-corrected chi connectivity index (χ3v) is 3.26. The van der Waals surface area contributed by atoms with E-state index in [0.717, 1.165) is 12.3 Å². The van der Waals surface area contributed by atoms with Gasteiger partial charge in [0.05, 0.1) is 0 Å². The minimum absolute atomic E-state index is 0.754. The van der Waals surface area contributed by atoms with Crippen molar-refractivity contribution in [2.45, 2.75) is 67.2 Å². The van der Waals surface area contributed by atoms with Crippen LogP contribution < -0.4 is 0 Å². The molecular formula is C17H30. The van der Waals surface area contributed by atoms with Crippen LogP contribution >= 0.6 is 0 Å². The molecule has 0 aromatic rings. The first-order chi connectivity index (χ1) is 8.15. The quantitative estimate of drug-likeness (QED) is 0.520. The van der Waals surface area contributed by atoms with Crippen molar-refractivity contribution in [2.75, 3.05) is 0 Å². The molecule has 0 nitrogen and oxygen atoms in total. The van der Waals surface area contributed by atoms with Gasteiger partial charge in [-0.1, -0.05) is 57.1 Å². The first-order valence-electron chi connectivity index (χ1n) is 7.19. The van der Waals surface area contributed by atoms with Crippen LogP contribution in [0.15, 0.2) is 34.9 Å². The number of rotatable bonds is 3. The lowest BCUT2D eigenvalue weighted by Gasteiger charge is -2.22. The van der Waals surface area contributed by atoms with Crippen molar-refractivity contribution in [3.63, 3.8) is 0 Å². The molecule has 17 heavy (non-hydrogen) atoms. The largest absolute Gasteiger partial charge is 0.0819 e. The molecule has 0 saturated heterocycles. The Morgan fingerprint density at radius 3 is 2.53 bits per heavy atom. The molecule has 1 aliphatic carbocycles. The van der Waals surface area contributed by atoms with Gasteiger partial charge in [0, 0.05) is 0 Å². The van der Waals surface area contributed by atoms with Gasteiger partial charge in [-0.15, -0.1) is 0 Å². The fraction of sp³-hybridized carbons (Fsp3) is 0.647. The van der Waals surface area contributed by atoms with Gasteiger partial charge in [-0.05, 0) is 51.0 Å². The predicted octanol–water partition coefficient (Wildman–Crippen LogP) is 6.06. The van der Waals surface area contributed by atoms with Crippen LogP contribution in [0.2, 0.25) is 0 Å². The number of allylic oxidation sites excluding steroid dienone is 6. The summed E-state index contributed by atoms with van der Waals surface area (Å²) in [6.07, 6.45) is 12.0. The van der Waals surface area contributed by atoms with Crippen molar-refractivity contribution in [3.8, 4) is 0 Å². The summed E-state index contributed by atoms with van der Waals surface area (Å²) in [7, 11) is 0. The molecule has 1 rings (SSSR count). The molecule has 0 heterocycles. The van der Waals surface area contributed by atoms with Gasteiger partial charge in [0.15, 0.2) is 0 Å². The normalized spacial score (nSPS) is 21.5. The van der Waals surface area contributed by atoms with E-state index < -0.39 is 0 Å². The Kier molecular flexibility index (Phi) is 8.85. The summed E-state index contributed by atoms with van der Waals surface area (Å²) in [6.45, 7) is 13.0. The lowest BCUT2D eigenvalue weighted by atomic mass is 9.84. The molecule has 0 spiro atoms. The zero-order valence-corrected chi connectivity index (χ0v) is 12.6. The van der Waals surface area contributed by atoms with Crippen molar-refractivity contribution in [2.24, 2.45) is 5.92 Å². The first-order valence-corrected chi connectivity index (χ1v) is 7.19. The summed E-state index contributed by atoms with van der Waals surface area (Å²) in [5, 5.41) is 0. The maximum absolute atomic E-state index is 2.35. The molecule has 0 bridgehead atoms. The van der Waals surface area contributed by atoms with Gasteiger partial charge in [0.25, 0.3) is 0 Å². The van der Waals surface area contributed by atoms with Crippen molar-refractivity contribution in [1.82, 2.24) is 0 Å². The van der Waals surface area contributed by atoms with Gasteiger partial charge in [-0.3, -0.25) is 0 Å². The van der Waals surface area contributed by atoms with Crippen LogP contribution in [-0.4, -0.2) is 0 Å². The van der Waals surface area contributed by atoms with E-state index in [-0.39, 0.29) is 0 Å². The van der Waals surface area contributed by atoms with Gasteiger partial charge >= 0.3 is 0 Å². The summed E-state index contributed by atoms with van der Waals surface area (Å²) >= 11 is 0. The van der Waals surface area contributed by atoms with E-state index in [1.54, 1.807) is 11.1 Å². The zero-order chi connectivity index (χ0) is 13.3. The van der Waals surface area contributed by atoms with Gasteiger partial charge in [-0.25, -0.2) is 0 Å². The molecule has 0 saturated carbocycles. The Morgan fingerprint density at radius 2 is 2.00 bits per heavy atom. The molecule has 0 radical (unpaired) electrons. The highest BCUT2D eigenvalue weighted by Crippen LogP contribution is 2.30. The molecular weight excluding hydrogens is 204 g/mol. The lowest BCUT2D eigenvalue weighted by molar-refractivity contribution is 0.546. The molecule has 0 amide bonds. The molecule has 98 valence electrons. The highest BCUT2D eigenvalue weighted by molar-refractivity contribution is 5.32. The molecule has 0 heteroatoms. The molecule has 1 aliphatic rings. The highest BCUT2D eigenvalue weighted by atomic mass is 14.2. The topological polar surface area (TPSA) is 0 Å². The standard InChI is InChI=1S/C15H24.C2H6/c1-5-7-12(2)10-11-15-13(3)8-6-9-14(15)4;1-2/h7,10-11,13H,5-6,8-9H2,1-4H3;1-2H3/b11-10+,12-7+;. The van der Waals surface area contributed by atoms with Crippen LogP contribution in [0.1, 0.15) is 67.2 Å². The Balaban J connectivity index is 0.00000121. The van der Waals surface area contributed by atoms with E-state index >= 15 is 0 Å². The van der Waals surface area contributed by atoms with Gasteiger partial charge in [0.1, 0.15) is 0 Å². The molecule has 1 atom stereocenters. The second-order valence-electron chi connectivity index (χ2n) is 4.72. The van der Waals surface area contributed by atoms with Crippen LogP contribution in [0.3, 0.4) is 0 Å². The second-order valence-corrected chi connectivity index (χ2v) is 4.72. The Labute approximate surface area is 109 Å². The SMILES string of the molecule is CC.CC/C=C(C)/C=C/C1=C(C)CCCC1C. The molecule has 0 aromatic heterocycles. The van der Waals surface area contributed by atoms with Crippen LogP contribution in [0.25, 0.3) is 0 Å². The fourth-order valence-electron chi connectivity index (χ4n) is 2.31. The van der Waals surface area contributed by atoms with Gasteiger partial charge in [-0.2, -0.15) is 0 Å². The van der Waals surface area contributed by atoms with Crippen LogP contribution in [0, 0.1) is 5.92 Å². The fourth-order valence-corrected chi connectivity index (χ4v) is 2.31. The minimum atomic E-state index is 0.754. The average Bonchev–Trinajstić information content (AvgIpc) is 2.31. The van der Waals surface area contributed by atoms with Gasteiger partial charge < -0.3 is 0 Å². The smallest absolute Gasteiger partial charge is 0.0191 e. The van der Waals surface area contributed by atoms with Crippen molar-refractivity contribution < 1.29 is 0 Å². The Hall–Kier alpha value is -0.780. The Morgan fingerprint density at radius 1 is 1.35 bits per heavy atom. The van der Waals surface area contributed by atoms with E-state index in [1.807, 2.05) is 13.8 Å². The molecule has 0 aliphatic heterocycles.